The smallest absolute Gasteiger partial charge is 0.0799 e. The first-order valence-electron chi connectivity index (χ1n) is 46.3. The summed E-state index contributed by atoms with van der Waals surface area (Å²) in [5.74, 6) is 2.00. The maximum atomic E-state index is 4.75. The molecule has 16 heteroatoms. The first-order valence-corrected chi connectivity index (χ1v) is 60.3. The molecule has 8 nitrogen and oxygen atoms in total. The van der Waals surface area contributed by atoms with Gasteiger partial charge in [-0.3, -0.25) is 0 Å². The standard InChI is InChI=1S/C19H24NSi.2C18H24NSi.C16H20NSi.4C12H10N.4Ir/c1-21(2,3)19-14-20-18(16-11-5-4-6-12-16)13-17(19)15-9-7-8-10-15;1-14(2)11-16-12-17(15-9-7-6-8-10-15)19-13-18(16)20(3,4)5;1-6-14(2)16-12-17(15-10-8-7-9-11-15)19-13-18(16)20(3,4)5;1-5-13-11-15(14-9-7-6-8-10-14)17-12-16(13)18(2,3)4;4*1-10-6-5-9-13-12(10)11-7-3-2-4-8-11;;;;/h4-6,11,13-15H,7-10H2,1-3H3;6-9,12-14H,11H2,1-5H3;7-10,12-14H,6H2,1-5H3;6-9,11-12H,5H2,1-4H3;4*2-7,9H,1H3;;;;/q8*-1;;;;. The van der Waals surface area contributed by atoms with Crippen LogP contribution in [0.15, 0.2) is 316 Å². The molecule has 8 aromatic carbocycles. The van der Waals surface area contributed by atoms with Crippen molar-refractivity contribution >= 4 is 53.0 Å². The van der Waals surface area contributed by atoms with Crippen molar-refractivity contribution in [1.82, 2.24) is 39.9 Å². The topological polar surface area (TPSA) is 103 Å². The second kappa shape index (κ2) is 57.0. The van der Waals surface area contributed by atoms with Gasteiger partial charge in [-0.25, -0.2) is 0 Å². The molecule has 0 aliphatic heterocycles. The van der Waals surface area contributed by atoms with Crippen LogP contribution in [0.4, 0.5) is 0 Å². The Morgan fingerprint density at radius 3 is 0.815 bits per heavy atom. The molecule has 0 spiro atoms. The van der Waals surface area contributed by atoms with Crippen LogP contribution in [-0.2, 0) is 93.3 Å². The molecule has 0 bridgehead atoms. The molecule has 708 valence electrons. The first-order chi connectivity index (χ1) is 62.9. The van der Waals surface area contributed by atoms with Crippen LogP contribution in [0.3, 0.4) is 0 Å². The molecule has 4 radical (unpaired) electrons. The summed E-state index contributed by atoms with van der Waals surface area (Å²) in [7, 11) is -5.33. The van der Waals surface area contributed by atoms with E-state index >= 15 is 0 Å². The van der Waals surface area contributed by atoms with E-state index in [1.807, 2.05) is 213 Å². The maximum absolute atomic E-state index is 4.75. The summed E-state index contributed by atoms with van der Waals surface area (Å²) in [6.45, 7) is 48.3. The van der Waals surface area contributed by atoms with Gasteiger partial charge in [0.05, 0.1) is 32.3 Å². The summed E-state index contributed by atoms with van der Waals surface area (Å²) in [6.07, 6.45) is 24.5. The summed E-state index contributed by atoms with van der Waals surface area (Å²) >= 11 is 0. The average molecular weight is 2560 g/mol. The van der Waals surface area contributed by atoms with Crippen molar-refractivity contribution in [2.24, 2.45) is 5.92 Å². The number of benzene rings is 8. The Morgan fingerprint density at radius 1 is 0.296 bits per heavy atom. The predicted molar refractivity (Wildman–Crippen MR) is 567 cm³/mol. The average Bonchev–Trinajstić information content (AvgIpc) is 1.76. The third kappa shape index (κ3) is 35.4. The van der Waals surface area contributed by atoms with Gasteiger partial charge in [-0.2, -0.15) is 0 Å². The van der Waals surface area contributed by atoms with Gasteiger partial charge in [-0.1, -0.05) is 219 Å². The zero-order chi connectivity index (χ0) is 93.9. The Morgan fingerprint density at radius 2 is 0.556 bits per heavy atom. The second-order valence-corrected chi connectivity index (χ2v) is 58.0. The number of pyridine rings is 8. The van der Waals surface area contributed by atoms with Gasteiger partial charge in [0, 0.05) is 130 Å². The monoisotopic (exact) mass is 2560 g/mol. The molecule has 1 atom stereocenters. The molecular formula is C119H132Ir4N8Si4-8. The molecule has 8 aromatic heterocycles. The molecule has 0 saturated heterocycles. The van der Waals surface area contributed by atoms with Gasteiger partial charge >= 0.3 is 0 Å². The van der Waals surface area contributed by atoms with Crippen molar-refractivity contribution in [2.45, 2.75) is 198 Å². The third-order valence-electron chi connectivity index (χ3n) is 22.9. The molecule has 135 heavy (non-hydrogen) atoms. The maximum Gasteiger partial charge on any atom is 0.0799 e. The fourth-order valence-corrected chi connectivity index (χ4v) is 22.2. The van der Waals surface area contributed by atoms with E-state index in [1.54, 1.807) is 10.8 Å². The van der Waals surface area contributed by atoms with E-state index < -0.39 is 32.3 Å². The van der Waals surface area contributed by atoms with E-state index in [0.29, 0.717) is 11.8 Å². The molecule has 8 heterocycles. The van der Waals surface area contributed by atoms with Crippen LogP contribution >= 0.6 is 0 Å². The number of nitrogens with zero attached hydrogens (tertiary/aromatic N) is 8. The van der Waals surface area contributed by atoms with Crippen LogP contribution in [-0.4, -0.2) is 72.2 Å². The van der Waals surface area contributed by atoms with Crippen LogP contribution in [0.1, 0.15) is 123 Å². The largest absolute Gasteiger partial charge is 0.305 e. The zero-order valence-electron chi connectivity index (χ0n) is 82.6. The van der Waals surface area contributed by atoms with Crippen molar-refractivity contribution in [3.63, 3.8) is 0 Å². The van der Waals surface area contributed by atoms with Crippen molar-refractivity contribution in [1.29, 1.82) is 0 Å². The zero-order valence-corrected chi connectivity index (χ0v) is 96.2. The minimum atomic E-state index is -1.35. The molecule has 1 saturated carbocycles. The predicted octanol–water partition coefficient (Wildman–Crippen LogP) is 28.7. The molecule has 1 aliphatic rings. The van der Waals surface area contributed by atoms with Gasteiger partial charge in [-0.05, 0) is 168 Å². The number of hydrogen-bond acceptors (Lipinski definition) is 8. The Balaban J connectivity index is 0.000000238. The van der Waals surface area contributed by atoms with Crippen LogP contribution in [0.25, 0.3) is 90.1 Å². The number of hydrogen-bond donors (Lipinski definition) is 0. The Kier molecular flexibility index (Phi) is 48.2. The second-order valence-electron chi connectivity index (χ2n) is 37.9. The molecule has 1 fully saturated rings. The quantitative estimate of drug-likeness (QED) is 0.0618. The number of aromatic nitrogens is 8. The summed E-state index contributed by atoms with van der Waals surface area (Å²) in [4.78, 5) is 36.0. The van der Waals surface area contributed by atoms with Gasteiger partial charge in [0.15, 0.2) is 0 Å². The van der Waals surface area contributed by atoms with Crippen molar-refractivity contribution in [3.05, 3.63) is 410 Å². The van der Waals surface area contributed by atoms with Gasteiger partial charge in [0.25, 0.3) is 0 Å². The summed E-state index contributed by atoms with van der Waals surface area (Å²) < 4.78 is 0. The molecule has 0 N–H and O–H groups in total. The van der Waals surface area contributed by atoms with E-state index in [-0.39, 0.29) is 80.4 Å². The van der Waals surface area contributed by atoms with Crippen LogP contribution in [0.5, 0.6) is 0 Å². The summed E-state index contributed by atoms with van der Waals surface area (Å²) in [6, 6.07) is 115. The summed E-state index contributed by atoms with van der Waals surface area (Å²) in [5, 5.41) is 6.01. The molecule has 17 rings (SSSR count). The van der Waals surface area contributed by atoms with Gasteiger partial charge in [-0.15, -0.1) is 287 Å². The molecule has 16 aromatic rings. The van der Waals surface area contributed by atoms with Crippen LogP contribution in [0.2, 0.25) is 78.6 Å². The minimum Gasteiger partial charge on any atom is -0.305 e. The molecular weight excluding hydrogens is 2420 g/mol. The van der Waals surface area contributed by atoms with E-state index in [0.717, 1.165) is 109 Å². The fourth-order valence-electron chi connectivity index (χ4n) is 15.7. The number of rotatable bonds is 18. The number of aryl methyl sites for hydroxylation is 5. The molecule has 0 amide bonds. The van der Waals surface area contributed by atoms with Crippen LogP contribution in [0, 0.1) is 82.1 Å². The summed E-state index contributed by atoms with van der Waals surface area (Å²) in [5.41, 5.74) is 27.6. The third-order valence-corrected chi connectivity index (χ3v) is 31.1. The van der Waals surface area contributed by atoms with Crippen molar-refractivity contribution in [3.8, 4) is 90.1 Å². The van der Waals surface area contributed by atoms with E-state index in [1.165, 1.54) is 86.6 Å². The Bertz CT molecular complexity index is 5790. The SMILES string of the molecule is CC(C)Cc1cc(-c2[c-]cccc2)ncc1[Si](C)(C)C.CCC(C)c1cc(-c2[c-]cccc2)ncc1[Si](C)(C)C.CCc1cc(-c2[c-]cccc2)ncc1[Si](C)(C)C.C[Si](C)(C)c1cnc(-c2[c-]cccc2)cc1C1CCCC1.Cc1cccnc1-c1[c-]cccc1.Cc1cccnc1-c1[c-]cccc1.Cc1cccnc1-c1[c-]cccc1.Cc1cccnc1-c1[c-]cccc1.[Ir].[Ir].[Ir].[Ir]. The fraction of sp³-hybridized carbons (Fsp3) is 0.261. The normalized spacial score (nSPS) is 11.6. The Hall–Kier alpha value is -9.58. The van der Waals surface area contributed by atoms with Gasteiger partial charge in [0.1, 0.15) is 0 Å². The molecule has 1 aliphatic carbocycles. The van der Waals surface area contributed by atoms with E-state index in [4.69, 9.17) is 9.97 Å². The van der Waals surface area contributed by atoms with E-state index in [2.05, 4.69) is 323 Å². The minimum absolute atomic E-state index is 0. The molecule has 1 unspecified atom stereocenters. The van der Waals surface area contributed by atoms with Gasteiger partial charge in [0.2, 0.25) is 0 Å². The van der Waals surface area contributed by atoms with Crippen LogP contribution < -0.4 is 20.7 Å². The van der Waals surface area contributed by atoms with Crippen molar-refractivity contribution in [2.75, 3.05) is 0 Å². The van der Waals surface area contributed by atoms with Crippen molar-refractivity contribution < 1.29 is 80.4 Å². The van der Waals surface area contributed by atoms with Gasteiger partial charge < -0.3 is 39.9 Å². The van der Waals surface area contributed by atoms with E-state index in [9.17, 15) is 0 Å². The Labute approximate surface area is 868 Å². The first kappa shape index (κ1) is 114.